The van der Waals surface area contributed by atoms with E-state index in [4.69, 9.17) is 21.1 Å². The quantitative estimate of drug-likeness (QED) is 0.637. The molecule has 2 aromatic carbocycles. The number of urea groups is 1. The Hall–Kier alpha value is -2.61. The summed E-state index contributed by atoms with van der Waals surface area (Å²) in [4.78, 5) is 27.2. The average Bonchev–Trinajstić information content (AvgIpc) is 2.96. The van der Waals surface area contributed by atoms with Gasteiger partial charge in [0.2, 0.25) is 0 Å². The van der Waals surface area contributed by atoms with Gasteiger partial charge in [0.1, 0.15) is 6.04 Å². The van der Waals surface area contributed by atoms with Crippen LogP contribution in [-0.4, -0.2) is 38.0 Å². The fourth-order valence-electron chi connectivity index (χ4n) is 3.24. The molecule has 1 atom stereocenters. The molecule has 7 nitrogen and oxygen atoms in total. The van der Waals surface area contributed by atoms with E-state index in [-0.39, 0.29) is 12.5 Å². The van der Waals surface area contributed by atoms with Crippen LogP contribution in [0.3, 0.4) is 0 Å². The van der Waals surface area contributed by atoms with E-state index in [1.807, 2.05) is 38.1 Å². The molecule has 1 heterocycles. The van der Waals surface area contributed by atoms with Gasteiger partial charge in [-0.25, -0.2) is 4.79 Å². The summed E-state index contributed by atoms with van der Waals surface area (Å²) in [7, 11) is 0. The molecule has 3 rings (SSSR count). The van der Waals surface area contributed by atoms with Gasteiger partial charge in [-0.15, -0.1) is 0 Å². The molecule has 154 valence electrons. The minimum absolute atomic E-state index is 0.238. The Morgan fingerprint density at radius 3 is 2.45 bits per heavy atom. The minimum atomic E-state index is -0.808. The van der Waals surface area contributed by atoms with Gasteiger partial charge in [0.25, 0.3) is 5.91 Å². The molecule has 29 heavy (non-hydrogen) atoms. The third kappa shape index (κ3) is 4.87. The second-order valence-electron chi connectivity index (χ2n) is 6.36. The Bertz CT molecular complexity index is 871. The van der Waals surface area contributed by atoms with Crippen LogP contribution in [0.15, 0.2) is 48.5 Å². The summed E-state index contributed by atoms with van der Waals surface area (Å²) < 4.78 is 11.2. The number of para-hydroxylation sites is 2. The smallest absolute Gasteiger partial charge is 0.320 e. The zero-order valence-corrected chi connectivity index (χ0v) is 17.1. The number of nitrogens with one attached hydrogen (secondary N) is 2. The number of anilines is 2. The van der Waals surface area contributed by atoms with Gasteiger partial charge in [-0.3, -0.25) is 4.79 Å². The van der Waals surface area contributed by atoms with Gasteiger partial charge in [-0.2, -0.15) is 0 Å². The zero-order chi connectivity index (χ0) is 20.8. The molecule has 0 aromatic heterocycles. The maximum Gasteiger partial charge on any atom is 0.320 e. The minimum Gasteiger partial charge on any atom is -0.351 e. The van der Waals surface area contributed by atoms with E-state index >= 15 is 0 Å². The molecule has 3 amide bonds. The second-order valence-corrected chi connectivity index (χ2v) is 6.77. The maximum atomic E-state index is 13.1. The van der Waals surface area contributed by atoms with Gasteiger partial charge in [0.15, 0.2) is 6.29 Å². The van der Waals surface area contributed by atoms with Crippen LogP contribution in [0.25, 0.3) is 0 Å². The molecule has 2 aromatic rings. The molecule has 1 aliphatic heterocycles. The van der Waals surface area contributed by atoms with E-state index < -0.39 is 18.4 Å². The Labute approximate surface area is 174 Å². The third-order valence-corrected chi connectivity index (χ3v) is 4.82. The summed E-state index contributed by atoms with van der Waals surface area (Å²) in [5.74, 6) is -0.245. The molecule has 1 unspecified atom stereocenters. The van der Waals surface area contributed by atoms with Crippen LogP contribution < -0.4 is 15.5 Å². The summed E-state index contributed by atoms with van der Waals surface area (Å²) in [6.45, 7) is 4.92. The number of hydrogen-bond acceptors (Lipinski definition) is 4. The number of rotatable bonds is 8. The summed E-state index contributed by atoms with van der Waals surface area (Å²) in [6.07, 6.45) is -0.544. The van der Waals surface area contributed by atoms with Crippen molar-refractivity contribution in [2.45, 2.75) is 26.2 Å². The van der Waals surface area contributed by atoms with E-state index in [0.717, 1.165) is 11.3 Å². The van der Waals surface area contributed by atoms with Crippen LogP contribution in [0.1, 0.15) is 25.5 Å². The Kier molecular flexibility index (Phi) is 7.09. The van der Waals surface area contributed by atoms with Crippen molar-refractivity contribution in [2.24, 2.45) is 0 Å². The highest BCUT2D eigenvalue weighted by Crippen LogP contribution is 2.36. The molecular formula is C21H24ClN3O4. The number of carbonyl (C=O) groups is 2. The van der Waals surface area contributed by atoms with Gasteiger partial charge >= 0.3 is 6.03 Å². The van der Waals surface area contributed by atoms with Gasteiger partial charge < -0.3 is 25.0 Å². The molecule has 0 saturated heterocycles. The molecular weight excluding hydrogens is 394 g/mol. The summed E-state index contributed by atoms with van der Waals surface area (Å²) in [5.41, 5.74) is 1.92. The first kappa shape index (κ1) is 21.1. The number of fused-ring (bicyclic) bond motifs is 1. The monoisotopic (exact) mass is 417 g/mol. The van der Waals surface area contributed by atoms with Crippen molar-refractivity contribution in [3.05, 3.63) is 59.1 Å². The lowest BCUT2D eigenvalue weighted by Gasteiger charge is -2.24. The van der Waals surface area contributed by atoms with Crippen molar-refractivity contribution in [1.82, 2.24) is 5.32 Å². The zero-order valence-electron chi connectivity index (χ0n) is 16.4. The SMILES string of the molecule is CCOC(CN1C(=O)C(NC(=O)Nc2ccccc2Cl)c2ccccc21)OCC. The van der Waals surface area contributed by atoms with Crippen molar-refractivity contribution in [2.75, 3.05) is 30.0 Å². The van der Waals surface area contributed by atoms with E-state index in [2.05, 4.69) is 10.6 Å². The van der Waals surface area contributed by atoms with Crippen molar-refractivity contribution in [1.29, 1.82) is 0 Å². The van der Waals surface area contributed by atoms with Gasteiger partial charge in [0, 0.05) is 24.5 Å². The van der Waals surface area contributed by atoms with E-state index in [9.17, 15) is 9.59 Å². The van der Waals surface area contributed by atoms with Crippen LogP contribution >= 0.6 is 11.6 Å². The Morgan fingerprint density at radius 2 is 1.76 bits per heavy atom. The number of halogens is 1. The number of benzene rings is 2. The highest BCUT2D eigenvalue weighted by Gasteiger charge is 2.39. The number of amides is 3. The predicted octanol–water partition coefficient (Wildman–Crippen LogP) is 3.95. The van der Waals surface area contributed by atoms with Crippen LogP contribution in [0.2, 0.25) is 5.02 Å². The molecule has 0 spiro atoms. The van der Waals surface area contributed by atoms with Crippen LogP contribution in [0.4, 0.5) is 16.2 Å². The topological polar surface area (TPSA) is 79.9 Å². The highest BCUT2D eigenvalue weighted by atomic mass is 35.5. The number of nitrogens with zero attached hydrogens (tertiary/aromatic N) is 1. The first-order valence-electron chi connectivity index (χ1n) is 9.50. The average molecular weight is 418 g/mol. The lowest BCUT2D eigenvalue weighted by Crippen LogP contribution is -2.43. The molecule has 0 radical (unpaired) electrons. The molecule has 0 aliphatic carbocycles. The molecule has 8 heteroatoms. The van der Waals surface area contributed by atoms with Gasteiger partial charge in [0.05, 0.1) is 17.3 Å². The number of hydrogen-bond donors (Lipinski definition) is 2. The first-order valence-corrected chi connectivity index (χ1v) is 9.88. The van der Waals surface area contributed by atoms with E-state index in [0.29, 0.717) is 23.9 Å². The normalized spacial score (nSPS) is 15.5. The van der Waals surface area contributed by atoms with Crippen molar-refractivity contribution in [3.63, 3.8) is 0 Å². The van der Waals surface area contributed by atoms with Crippen molar-refractivity contribution >= 4 is 34.9 Å². The molecule has 0 bridgehead atoms. The van der Waals surface area contributed by atoms with Crippen LogP contribution in [-0.2, 0) is 14.3 Å². The van der Waals surface area contributed by atoms with Crippen molar-refractivity contribution in [3.8, 4) is 0 Å². The largest absolute Gasteiger partial charge is 0.351 e. The molecule has 0 fully saturated rings. The Balaban J connectivity index is 1.77. The van der Waals surface area contributed by atoms with Gasteiger partial charge in [-0.1, -0.05) is 41.9 Å². The third-order valence-electron chi connectivity index (χ3n) is 4.49. The van der Waals surface area contributed by atoms with E-state index in [1.165, 1.54) is 0 Å². The van der Waals surface area contributed by atoms with Gasteiger partial charge in [-0.05, 0) is 32.0 Å². The maximum absolute atomic E-state index is 13.1. The molecule has 0 saturated carbocycles. The molecule has 1 aliphatic rings. The number of ether oxygens (including phenoxy) is 2. The van der Waals surface area contributed by atoms with Crippen molar-refractivity contribution < 1.29 is 19.1 Å². The standard InChI is InChI=1S/C21H24ClN3O4/c1-3-28-18(29-4-2)13-25-17-12-8-5-9-14(17)19(20(25)26)24-21(27)23-16-11-7-6-10-15(16)22/h5-12,18-19H,3-4,13H2,1-2H3,(H2,23,24,27). The predicted molar refractivity (Wildman–Crippen MR) is 112 cm³/mol. The lowest BCUT2D eigenvalue weighted by molar-refractivity contribution is -0.135. The highest BCUT2D eigenvalue weighted by molar-refractivity contribution is 6.33. The van der Waals surface area contributed by atoms with Crippen LogP contribution in [0.5, 0.6) is 0 Å². The molecule has 2 N–H and O–H groups in total. The number of carbonyl (C=O) groups excluding carboxylic acids is 2. The lowest BCUT2D eigenvalue weighted by atomic mass is 10.1. The fourth-order valence-corrected chi connectivity index (χ4v) is 3.42. The summed E-state index contributed by atoms with van der Waals surface area (Å²) in [6, 6.07) is 12.9. The summed E-state index contributed by atoms with van der Waals surface area (Å²) in [5, 5.41) is 5.84. The Morgan fingerprint density at radius 1 is 1.10 bits per heavy atom. The second kappa shape index (κ2) is 9.73. The first-order chi connectivity index (χ1) is 14.0. The van der Waals surface area contributed by atoms with Crippen LogP contribution in [0, 0.1) is 0 Å². The van der Waals surface area contributed by atoms with E-state index in [1.54, 1.807) is 29.2 Å². The summed E-state index contributed by atoms with van der Waals surface area (Å²) >= 11 is 6.09. The fraction of sp³-hybridized carbons (Fsp3) is 0.333.